The molecule has 1 heterocycles. The number of likely N-dealkylation sites (N-methyl/N-ethyl adjacent to an activating group) is 1. The summed E-state index contributed by atoms with van der Waals surface area (Å²) in [7, 11) is 3.99. The minimum atomic E-state index is 0.187. The van der Waals surface area contributed by atoms with Crippen LogP contribution in [0.2, 0.25) is 0 Å². The van der Waals surface area contributed by atoms with E-state index in [0.717, 1.165) is 23.5 Å². The molecule has 1 aromatic heterocycles. The molecular formula is C18H24N2O. The minimum absolute atomic E-state index is 0.187. The molecule has 0 aliphatic carbocycles. The Bertz CT molecular complexity index is 655. The lowest BCUT2D eigenvalue weighted by Crippen LogP contribution is -2.26. The average molecular weight is 284 g/mol. The van der Waals surface area contributed by atoms with Crippen molar-refractivity contribution >= 4 is 5.78 Å². The number of ketones is 1. The van der Waals surface area contributed by atoms with Crippen molar-refractivity contribution in [1.29, 1.82) is 0 Å². The fourth-order valence-corrected chi connectivity index (χ4v) is 2.60. The Morgan fingerprint density at radius 3 is 2.43 bits per heavy atom. The highest BCUT2D eigenvalue weighted by Gasteiger charge is 2.16. The summed E-state index contributed by atoms with van der Waals surface area (Å²) in [6.07, 6.45) is 0. The smallest absolute Gasteiger partial charge is 0.178 e. The van der Waals surface area contributed by atoms with E-state index < -0.39 is 0 Å². The molecule has 112 valence electrons. The maximum atomic E-state index is 12.5. The number of hydrogen-bond acceptors (Lipinski definition) is 2. The number of rotatable bonds is 5. The molecule has 0 amide bonds. The van der Waals surface area contributed by atoms with Crippen LogP contribution in [0.1, 0.15) is 32.9 Å². The molecule has 0 atom stereocenters. The number of Topliss-reactive ketones (excluding diaryl/α,β-unsaturated/α-hetero) is 1. The molecule has 0 aliphatic rings. The first-order valence-corrected chi connectivity index (χ1v) is 7.29. The van der Waals surface area contributed by atoms with E-state index in [1.807, 2.05) is 46.1 Å². The lowest BCUT2D eigenvalue weighted by atomic mass is 10.1. The Labute approximate surface area is 127 Å². The topological polar surface area (TPSA) is 25.2 Å². The van der Waals surface area contributed by atoms with Crippen LogP contribution in [-0.2, 0) is 13.6 Å². The number of carbonyl (C=O) groups excluding carboxylic acids is 1. The number of benzene rings is 1. The van der Waals surface area contributed by atoms with Gasteiger partial charge in [0.15, 0.2) is 5.78 Å². The third-order valence-corrected chi connectivity index (χ3v) is 4.19. The molecule has 0 bridgehead atoms. The van der Waals surface area contributed by atoms with Crippen molar-refractivity contribution in [1.82, 2.24) is 9.47 Å². The molecule has 0 N–H and O–H groups in total. The second-order valence-corrected chi connectivity index (χ2v) is 5.87. The quantitative estimate of drug-likeness (QED) is 0.787. The van der Waals surface area contributed by atoms with Gasteiger partial charge in [-0.15, -0.1) is 0 Å². The van der Waals surface area contributed by atoms with E-state index >= 15 is 0 Å². The van der Waals surface area contributed by atoms with Crippen LogP contribution in [0.5, 0.6) is 0 Å². The molecule has 0 spiro atoms. The first kappa shape index (κ1) is 15.5. The number of aryl methyl sites for hydroxylation is 2. The van der Waals surface area contributed by atoms with Crippen LogP contribution >= 0.6 is 0 Å². The van der Waals surface area contributed by atoms with Crippen molar-refractivity contribution in [3.05, 3.63) is 58.4 Å². The summed E-state index contributed by atoms with van der Waals surface area (Å²) in [5, 5.41) is 0. The fourth-order valence-electron chi connectivity index (χ4n) is 2.60. The van der Waals surface area contributed by atoms with Gasteiger partial charge in [-0.05, 0) is 45.0 Å². The van der Waals surface area contributed by atoms with Crippen molar-refractivity contribution in [3.8, 4) is 0 Å². The summed E-state index contributed by atoms with van der Waals surface area (Å²) < 4.78 is 2.06. The molecule has 21 heavy (non-hydrogen) atoms. The van der Waals surface area contributed by atoms with Gasteiger partial charge < -0.3 is 4.57 Å². The highest BCUT2D eigenvalue weighted by atomic mass is 16.1. The Morgan fingerprint density at radius 2 is 1.86 bits per heavy atom. The average Bonchev–Trinajstić information content (AvgIpc) is 2.69. The van der Waals surface area contributed by atoms with Gasteiger partial charge in [0.25, 0.3) is 0 Å². The van der Waals surface area contributed by atoms with Gasteiger partial charge in [0.05, 0.1) is 6.54 Å². The molecule has 0 saturated carbocycles. The van der Waals surface area contributed by atoms with E-state index in [1.165, 1.54) is 11.1 Å². The largest absolute Gasteiger partial charge is 0.351 e. The van der Waals surface area contributed by atoms with E-state index in [0.29, 0.717) is 6.54 Å². The number of carbonyl (C=O) groups is 1. The lowest BCUT2D eigenvalue weighted by Gasteiger charge is -2.17. The van der Waals surface area contributed by atoms with Crippen molar-refractivity contribution in [2.75, 3.05) is 13.6 Å². The van der Waals surface area contributed by atoms with Crippen LogP contribution in [-0.4, -0.2) is 28.8 Å². The Hall–Kier alpha value is -1.87. The summed E-state index contributed by atoms with van der Waals surface area (Å²) in [6, 6.07) is 10.3. The fraction of sp³-hybridized carbons (Fsp3) is 0.389. The highest BCUT2D eigenvalue weighted by Crippen LogP contribution is 2.15. The normalized spacial score (nSPS) is 11.1. The Morgan fingerprint density at radius 1 is 1.19 bits per heavy atom. The van der Waals surface area contributed by atoms with Gasteiger partial charge in [-0.25, -0.2) is 0 Å². The molecule has 0 saturated heterocycles. The van der Waals surface area contributed by atoms with Crippen LogP contribution in [0, 0.1) is 20.8 Å². The first-order chi connectivity index (χ1) is 9.90. The van der Waals surface area contributed by atoms with Gasteiger partial charge in [0, 0.05) is 30.5 Å². The third-order valence-electron chi connectivity index (χ3n) is 4.19. The van der Waals surface area contributed by atoms with Crippen LogP contribution in [0.15, 0.2) is 30.3 Å². The molecular weight excluding hydrogens is 260 g/mol. The van der Waals surface area contributed by atoms with Gasteiger partial charge in [-0.1, -0.05) is 24.3 Å². The second kappa shape index (κ2) is 6.27. The van der Waals surface area contributed by atoms with Crippen LogP contribution in [0.3, 0.4) is 0 Å². The minimum Gasteiger partial charge on any atom is -0.351 e. The number of hydrogen-bond donors (Lipinski definition) is 0. The van der Waals surface area contributed by atoms with Gasteiger partial charge in [0.1, 0.15) is 0 Å². The summed E-state index contributed by atoms with van der Waals surface area (Å²) >= 11 is 0. The van der Waals surface area contributed by atoms with Crippen molar-refractivity contribution in [2.45, 2.75) is 27.3 Å². The van der Waals surface area contributed by atoms with Crippen molar-refractivity contribution in [3.63, 3.8) is 0 Å². The van der Waals surface area contributed by atoms with Gasteiger partial charge in [-0.2, -0.15) is 0 Å². The van der Waals surface area contributed by atoms with Crippen LogP contribution < -0.4 is 0 Å². The molecule has 2 rings (SSSR count). The lowest BCUT2D eigenvalue weighted by molar-refractivity contribution is 0.0942. The monoisotopic (exact) mass is 284 g/mol. The van der Waals surface area contributed by atoms with Gasteiger partial charge in [0.2, 0.25) is 0 Å². The molecule has 0 unspecified atom stereocenters. The van der Waals surface area contributed by atoms with E-state index in [1.54, 1.807) is 0 Å². The van der Waals surface area contributed by atoms with E-state index in [4.69, 9.17) is 0 Å². The van der Waals surface area contributed by atoms with Gasteiger partial charge >= 0.3 is 0 Å². The maximum Gasteiger partial charge on any atom is 0.178 e. The third kappa shape index (κ3) is 3.42. The summed E-state index contributed by atoms with van der Waals surface area (Å²) in [5.74, 6) is 0.187. The second-order valence-electron chi connectivity index (χ2n) is 5.87. The predicted molar refractivity (Wildman–Crippen MR) is 86.7 cm³/mol. The summed E-state index contributed by atoms with van der Waals surface area (Å²) in [5.41, 5.74) is 5.54. The molecule has 3 nitrogen and oxygen atoms in total. The Kier molecular flexibility index (Phi) is 4.63. The number of aromatic nitrogens is 1. The maximum absolute atomic E-state index is 12.5. The summed E-state index contributed by atoms with van der Waals surface area (Å²) in [4.78, 5) is 14.5. The molecule has 1 aromatic carbocycles. The molecule has 2 aromatic rings. The SMILES string of the molecule is Cc1ccccc1CN(C)CC(=O)c1cc(C)n(C)c1C. The predicted octanol–water partition coefficient (Wildman–Crippen LogP) is 3.27. The summed E-state index contributed by atoms with van der Waals surface area (Å²) in [6.45, 7) is 7.38. The van der Waals surface area contributed by atoms with E-state index in [9.17, 15) is 4.79 Å². The zero-order chi connectivity index (χ0) is 15.6. The Balaban J connectivity index is 2.06. The molecule has 0 aliphatic heterocycles. The van der Waals surface area contributed by atoms with Crippen molar-refractivity contribution in [2.24, 2.45) is 7.05 Å². The standard InChI is InChI=1S/C18H24N2O/c1-13-8-6-7-9-16(13)11-19(4)12-18(21)17-10-14(2)20(5)15(17)3/h6-10H,11-12H2,1-5H3. The van der Waals surface area contributed by atoms with Gasteiger partial charge in [-0.3, -0.25) is 9.69 Å². The van der Waals surface area contributed by atoms with E-state index in [2.05, 4.69) is 28.5 Å². The van der Waals surface area contributed by atoms with E-state index in [-0.39, 0.29) is 5.78 Å². The molecule has 0 radical (unpaired) electrons. The van der Waals surface area contributed by atoms with Crippen LogP contribution in [0.25, 0.3) is 0 Å². The zero-order valence-corrected chi connectivity index (χ0v) is 13.6. The molecule has 3 heteroatoms. The molecule has 0 fully saturated rings. The van der Waals surface area contributed by atoms with Crippen molar-refractivity contribution < 1.29 is 4.79 Å². The van der Waals surface area contributed by atoms with Crippen LogP contribution in [0.4, 0.5) is 0 Å². The first-order valence-electron chi connectivity index (χ1n) is 7.29. The zero-order valence-electron chi connectivity index (χ0n) is 13.6. The highest BCUT2D eigenvalue weighted by molar-refractivity contribution is 5.99. The number of nitrogens with zero attached hydrogens (tertiary/aromatic N) is 2.